The highest BCUT2D eigenvalue weighted by Gasteiger charge is 2.02. The summed E-state index contributed by atoms with van der Waals surface area (Å²) in [5.74, 6) is 0. The standard InChI is InChI=1S/C13H15NO/c1-9(10(2)15)7-11-8-14-13-6-4-3-5-12(11)13/h3-8,10,14-15H,1-2H3/b9-7+. The number of fused-ring (bicyclic) bond motifs is 1. The fraction of sp³-hybridized carbons (Fsp3) is 0.231. The highest BCUT2D eigenvalue weighted by molar-refractivity contribution is 5.89. The summed E-state index contributed by atoms with van der Waals surface area (Å²) < 4.78 is 0. The summed E-state index contributed by atoms with van der Waals surface area (Å²) in [5.41, 5.74) is 3.23. The molecule has 2 nitrogen and oxygen atoms in total. The Bertz CT molecular complexity index is 494. The summed E-state index contributed by atoms with van der Waals surface area (Å²) in [4.78, 5) is 3.21. The molecule has 0 aliphatic heterocycles. The summed E-state index contributed by atoms with van der Waals surface area (Å²) in [6.45, 7) is 3.72. The number of para-hydroxylation sites is 1. The van der Waals surface area contributed by atoms with Crippen molar-refractivity contribution >= 4 is 17.0 Å². The van der Waals surface area contributed by atoms with Crippen LogP contribution in [0.2, 0.25) is 0 Å². The van der Waals surface area contributed by atoms with E-state index in [9.17, 15) is 5.11 Å². The van der Waals surface area contributed by atoms with E-state index in [2.05, 4.69) is 11.1 Å². The van der Waals surface area contributed by atoms with E-state index in [1.165, 1.54) is 5.39 Å². The Morgan fingerprint density at radius 3 is 2.87 bits per heavy atom. The second kappa shape index (κ2) is 3.91. The summed E-state index contributed by atoms with van der Waals surface area (Å²) in [6.07, 6.45) is 3.60. The normalized spacial score (nSPS) is 14.5. The number of benzene rings is 1. The van der Waals surface area contributed by atoms with Gasteiger partial charge in [-0.25, -0.2) is 0 Å². The lowest BCUT2D eigenvalue weighted by Crippen LogP contribution is -1.99. The molecule has 0 saturated carbocycles. The Labute approximate surface area is 89.3 Å². The molecule has 78 valence electrons. The first kappa shape index (κ1) is 9.99. The van der Waals surface area contributed by atoms with Gasteiger partial charge in [-0.05, 0) is 31.1 Å². The summed E-state index contributed by atoms with van der Waals surface area (Å²) in [6, 6.07) is 8.15. The molecule has 2 rings (SSSR count). The molecule has 2 N–H and O–H groups in total. The van der Waals surface area contributed by atoms with E-state index in [-0.39, 0.29) is 0 Å². The van der Waals surface area contributed by atoms with Crippen molar-refractivity contribution in [1.29, 1.82) is 0 Å². The maximum atomic E-state index is 9.41. The van der Waals surface area contributed by atoms with Crippen molar-refractivity contribution in [3.05, 3.63) is 41.6 Å². The zero-order valence-electron chi connectivity index (χ0n) is 8.99. The minimum atomic E-state index is -0.390. The van der Waals surface area contributed by atoms with Crippen LogP contribution in [0.4, 0.5) is 0 Å². The van der Waals surface area contributed by atoms with Crippen LogP contribution in [0.5, 0.6) is 0 Å². The Morgan fingerprint density at radius 1 is 1.40 bits per heavy atom. The van der Waals surface area contributed by atoms with E-state index < -0.39 is 6.10 Å². The summed E-state index contributed by atoms with van der Waals surface area (Å²) in [5, 5.41) is 10.6. The molecule has 1 unspecified atom stereocenters. The average molecular weight is 201 g/mol. The van der Waals surface area contributed by atoms with Crippen LogP contribution in [0.15, 0.2) is 36.0 Å². The first-order valence-electron chi connectivity index (χ1n) is 5.11. The van der Waals surface area contributed by atoms with Gasteiger partial charge in [-0.2, -0.15) is 0 Å². The maximum absolute atomic E-state index is 9.41. The molecular weight excluding hydrogens is 186 g/mol. The van der Waals surface area contributed by atoms with Crippen molar-refractivity contribution in [2.45, 2.75) is 20.0 Å². The van der Waals surface area contributed by atoms with Gasteiger partial charge in [0.15, 0.2) is 0 Å². The van der Waals surface area contributed by atoms with Crippen LogP contribution < -0.4 is 0 Å². The van der Waals surface area contributed by atoms with Gasteiger partial charge >= 0.3 is 0 Å². The molecule has 2 heteroatoms. The van der Waals surface area contributed by atoms with Crippen LogP contribution in [0.1, 0.15) is 19.4 Å². The maximum Gasteiger partial charge on any atom is 0.0722 e. The van der Waals surface area contributed by atoms with Gasteiger partial charge in [0.2, 0.25) is 0 Å². The lowest BCUT2D eigenvalue weighted by molar-refractivity contribution is 0.232. The Kier molecular flexibility index (Phi) is 2.60. The van der Waals surface area contributed by atoms with Gasteiger partial charge in [0.05, 0.1) is 6.10 Å². The third kappa shape index (κ3) is 1.95. The number of nitrogens with one attached hydrogen (secondary N) is 1. The lowest BCUT2D eigenvalue weighted by Gasteiger charge is -2.03. The fourth-order valence-electron chi connectivity index (χ4n) is 1.58. The molecule has 2 aromatic rings. The number of aromatic nitrogens is 1. The van der Waals surface area contributed by atoms with Gasteiger partial charge in [-0.15, -0.1) is 0 Å². The van der Waals surface area contributed by atoms with E-state index in [0.717, 1.165) is 16.7 Å². The van der Waals surface area contributed by atoms with Gasteiger partial charge in [0, 0.05) is 17.1 Å². The van der Waals surface area contributed by atoms with E-state index in [0.29, 0.717) is 0 Å². The van der Waals surface area contributed by atoms with Crippen molar-refractivity contribution in [2.24, 2.45) is 0 Å². The van der Waals surface area contributed by atoms with Crippen LogP contribution in [0.25, 0.3) is 17.0 Å². The predicted molar refractivity (Wildman–Crippen MR) is 63.6 cm³/mol. The number of hydrogen-bond acceptors (Lipinski definition) is 1. The monoisotopic (exact) mass is 201 g/mol. The molecule has 0 amide bonds. The van der Waals surface area contributed by atoms with Crippen molar-refractivity contribution in [1.82, 2.24) is 4.98 Å². The van der Waals surface area contributed by atoms with Crippen LogP contribution in [0, 0.1) is 0 Å². The second-order valence-electron chi connectivity index (χ2n) is 3.85. The van der Waals surface area contributed by atoms with Crippen molar-refractivity contribution < 1.29 is 5.11 Å². The Morgan fingerprint density at radius 2 is 2.13 bits per heavy atom. The minimum Gasteiger partial charge on any atom is -0.389 e. The molecule has 0 spiro atoms. The molecule has 0 saturated heterocycles. The topological polar surface area (TPSA) is 36.0 Å². The van der Waals surface area contributed by atoms with Crippen LogP contribution in [0.3, 0.4) is 0 Å². The molecule has 0 aliphatic carbocycles. The van der Waals surface area contributed by atoms with Gasteiger partial charge in [-0.3, -0.25) is 0 Å². The number of aliphatic hydroxyl groups excluding tert-OH is 1. The van der Waals surface area contributed by atoms with Gasteiger partial charge in [-0.1, -0.05) is 24.3 Å². The van der Waals surface area contributed by atoms with E-state index in [1.807, 2.05) is 37.4 Å². The quantitative estimate of drug-likeness (QED) is 0.770. The highest BCUT2D eigenvalue weighted by Crippen LogP contribution is 2.20. The predicted octanol–water partition coefficient (Wildman–Crippen LogP) is 2.95. The van der Waals surface area contributed by atoms with Crippen molar-refractivity contribution in [3.8, 4) is 0 Å². The number of aromatic amines is 1. The van der Waals surface area contributed by atoms with Crippen molar-refractivity contribution in [3.63, 3.8) is 0 Å². The minimum absolute atomic E-state index is 0.390. The molecule has 0 aliphatic rings. The van der Waals surface area contributed by atoms with Crippen LogP contribution >= 0.6 is 0 Å². The third-order valence-electron chi connectivity index (χ3n) is 2.66. The second-order valence-corrected chi connectivity index (χ2v) is 3.85. The Balaban J connectivity index is 2.49. The largest absolute Gasteiger partial charge is 0.389 e. The zero-order chi connectivity index (χ0) is 10.8. The lowest BCUT2D eigenvalue weighted by atomic mass is 10.1. The number of rotatable bonds is 2. The Hall–Kier alpha value is -1.54. The van der Waals surface area contributed by atoms with Gasteiger partial charge < -0.3 is 10.1 Å². The molecule has 0 fully saturated rings. The molecule has 0 bridgehead atoms. The molecule has 1 heterocycles. The summed E-state index contributed by atoms with van der Waals surface area (Å²) >= 11 is 0. The number of hydrogen-bond donors (Lipinski definition) is 2. The van der Waals surface area contributed by atoms with E-state index in [4.69, 9.17) is 0 Å². The summed E-state index contributed by atoms with van der Waals surface area (Å²) in [7, 11) is 0. The average Bonchev–Trinajstić information content (AvgIpc) is 2.62. The number of aliphatic hydroxyl groups is 1. The number of H-pyrrole nitrogens is 1. The molecule has 0 radical (unpaired) electrons. The van der Waals surface area contributed by atoms with Gasteiger partial charge in [0.1, 0.15) is 0 Å². The fourth-order valence-corrected chi connectivity index (χ4v) is 1.58. The molecular formula is C13H15NO. The smallest absolute Gasteiger partial charge is 0.0722 e. The zero-order valence-corrected chi connectivity index (χ0v) is 8.99. The van der Waals surface area contributed by atoms with Crippen LogP contribution in [-0.4, -0.2) is 16.2 Å². The first-order valence-corrected chi connectivity index (χ1v) is 5.11. The van der Waals surface area contributed by atoms with Gasteiger partial charge in [0.25, 0.3) is 0 Å². The highest BCUT2D eigenvalue weighted by atomic mass is 16.3. The third-order valence-corrected chi connectivity index (χ3v) is 2.66. The van der Waals surface area contributed by atoms with E-state index in [1.54, 1.807) is 6.92 Å². The molecule has 1 aromatic carbocycles. The van der Waals surface area contributed by atoms with E-state index >= 15 is 0 Å². The molecule has 1 aromatic heterocycles. The van der Waals surface area contributed by atoms with Crippen molar-refractivity contribution in [2.75, 3.05) is 0 Å². The SMILES string of the molecule is C/C(=C\c1c[nH]c2ccccc12)C(C)O. The van der Waals surface area contributed by atoms with Crippen LogP contribution in [-0.2, 0) is 0 Å². The molecule has 15 heavy (non-hydrogen) atoms. The molecule has 1 atom stereocenters. The first-order chi connectivity index (χ1) is 7.18.